The molecule has 3 aliphatic carbocycles. The normalized spacial score (nSPS) is 27.8. The lowest BCUT2D eigenvalue weighted by Crippen LogP contribution is -2.76. The molecule has 1 saturated heterocycles. The van der Waals surface area contributed by atoms with Crippen molar-refractivity contribution in [3.63, 3.8) is 0 Å². The molecule has 4 fully saturated rings. The summed E-state index contributed by atoms with van der Waals surface area (Å²) in [6, 6.07) is 9.74. The van der Waals surface area contributed by atoms with Crippen LogP contribution < -0.4 is 4.90 Å². The molecule has 1 N–H and O–H groups in total. The molecule has 7 rings (SSSR count). The largest absolute Gasteiger partial charge is 0.377 e. The summed E-state index contributed by atoms with van der Waals surface area (Å²) in [6.07, 6.45) is 2.61. The van der Waals surface area contributed by atoms with Crippen molar-refractivity contribution in [1.29, 1.82) is 0 Å². The number of alkyl halides is 2. The fraction of sp³-hybridized carbons (Fsp3) is 0.462. The molecule has 0 spiro atoms. The number of aliphatic hydroxyl groups is 1. The van der Waals surface area contributed by atoms with Crippen molar-refractivity contribution in [3.8, 4) is 0 Å². The second kappa shape index (κ2) is 8.25. The van der Waals surface area contributed by atoms with E-state index in [1.807, 2.05) is 29.2 Å². The summed E-state index contributed by atoms with van der Waals surface area (Å²) in [4.78, 5) is 5.72. The first-order valence-electron chi connectivity index (χ1n) is 12.3. The van der Waals surface area contributed by atoms with E-state index < -0.39 is 55.9 Å². The van der Waals surface area contributed by atoms with Crippen LogP contribution in [-0.2, 0) is 27.4 Å². The SMILES string of the molecule is O=S1(=O)CCN(c2ccc(C34CC(C(F)(F)[C@@](O)(Cn5cncn5)c5ccc(F)cc5F)(C3)C4)cc2)CC1. The zero-order valence-corrected chi connectivity index (χ0v) is 21.1. The van der Waals surface area contributed by atoms with Crippen molar-refractivity contribution in [3.05, 3.63) is 77.9 Å². The first-order valence-corrected chi connectivity index (χ1v) is 14.2. The summed E-state index contributed by atoms with van der Waals surface area (Å²) in [6.45, 7) is 0.0659. The van der Waals surface area contributed by atoms with Gasteiger partial charge in [-0.05, 0) is 54.5 Å². The van der Waals surface area contributed by atoms with Crippen LogP contribution in [0.1, 0.15) is 30.4 Å². The van der Waals surface area contributed by atoms with Gasteiger partial charge < -0.3 is 10.0 Å². The average molecular weight is 551 g/mol. The molecule has 2 bridgehead atoms. The van der Waals surface area contributed by atoms with Crippen LogP contribution in [0.5, 0.6) is 0 Å². The van der Waals surface area contributed by atoms with Crippen LogP contribution >= 0.6 is 0 Å². The Morgan fingerprint density at radius 1 is 1.00 bits per heavy atom. The lowest BCUT2D eigenvalue weighted by molar-refractivity contribution is -0.347. The number of anilines is 1. The summed E-state index contributed by atoms with van der Waals surface area (Å²) < 4.78 is 85.5. The fourth-order valence-electron chi connectivity index (χ4n) is 6.59. The van der Waals surface area contributed by atoms with Crippen LogP contribution in [-0.4, -0.2) is 58.8 Å². The molecule has 0 amide bonds. The predicted octanol–water partition coefficient (Wildman–Crippen LogP) is 3.44. The summed E-state index contributed by atoms with van der Waals surface area (Å²) >= 11 is 0. The molecule has 7 nitrogen and oxygen atoms in total. The van der Waals surface area contributed by atoms with Crippen molar-refractivity contribution in [1.82, 2.24) is 14.8 Å². The van der Waals surface area contributed by atoms with Gasteiger partial charge in [0.15, 0.2) is 15.4 Å². The minimum Gasteiger partial charge on any atom is -0.377 e. The molecule has 0 unspecified atom stereocenters. The Morgan fingerprint density at radius 2 is 1.66 bits per heavy atom. The Kier molecular flexibility index (Phi) is 5.49. The second-order valence-electron chi connectivity index (χ2n) is 10.9. The predicted molar refractivity (Wildman–Crippen MR) is 130 cm³/mol. The second-order valence-corrected chi connectivity index (χ2v) is 13.2. The van der Waals surface area contributed by atoms with E-state index >= 15 is 8.78 Å². The van der Waals surface area contributed by atoms with E-state index in [1.54, 1.807) is 0 Å². The standard InChI is InChI=1S/C26H26F4N4O3S/c27-19-3-6-21(22(28)11-19)25(35,15-34-17-31-16-32-34)26(29,30)24-12-23(13-24,14-24)18-1-4-20(5-2-18)33-7-9-38(36,37)10-8-33/h1-6,11,16-17,35H,7-10,12-15H2/t23?,24?,25-/m1/s1. The van der Waals surface area contributed by atoms with Gasteiger partial charge >= 0.3 is 0 Å². The number of hydrogen-bond donors (Lipinski definition) is 1. The lowest BCUT2D eigenvalue weighted by Gasteiger charge is -2.74. The molecule has 2 heterocycles. The Morgan fingerprint density at radius 3 is 2.24 bits per heavy atom. The molecule has 38 heavy (non-hydrogen) atoms. The van der Waals surface area contributed by atoms with Gasteiger partial charge in [0.05, 0.1) is 18.1 Å². The maximum atomic E-state index is 16.3. The van der Waals surface area contributed by atoms with Crippen LogP contribution in [0.3, 0.4) is 0 Å². The maximum absolute atomic E-state index is 16.3. The minimum atomic E-state index is -3.76. The van der Waals surface area contributed by atoms with Crippen molar-refractivity contribution in [2.24, 2.45) is 5.41 Å². The molecule has 4 aliphatic rings. The van der Waals surface area contributed by atoms with E-state index in [4.69, 9.17) is 0 Å². The highest BCUT2D eigenvalue weighted by Gasteiger charge is 2.82. The van der Waals surface area contributed by atoms with Gasteiger partial charge in [-0.3, -0.25) is 0 Å². The molecule has 12 heteroatoms. The van der Waals surface area contributed by atoms with E-state index in [9.17, 15) is 22.3 Å². The summed E-state index contributed by atoms with van der Waals surface area (Å²) in [5.74, 6) is -5.75. The van der Waals surface area contributed by atoms with Crippen molar-refractivity contribution in [2.75, 3.05) is 29.5 Å². The van der Waals surface area contributed by atoms with Crippen molar-refractivity contribution >= 4 is 15.5 Å². The van der Waals surface area contributed by atoms with Crippen molar-refractivity contribution in [2.45, 2.75) is 42.7 Å². The van der Waals surface area contributed by atoms with E-state index in [1.165, 1.54) is 0 Å². The van der Waals surface area contributed by atoms with Crippen LogP contribution in [0.25, 0.3) is 0 Å². The van der Waals surface area contributed by atoms with Crippen LogP contribution in [0.2, 0.25) is 0 Å². The fourth-order valence-corrected chi connectivity index (χ4v) is 7.79. The summed E-state index contributed by atoms with van der Waals surface area (Å²) in [5.41, 5.74) is -3.92. The van der Waals surface area contributed by atoms with Crippen LogP contribution in [0.4, 0.5) is 23.2 Å². The third kappa shape index (κ3) is 3.67. The summed E-state index contributed by atoms with van der Waals surface area (Å²) in [7, 11) is -3.00. The zero-order valence-electron chi connectivity index (χ0n) is 20.3. The number of rotatable bonds is 7. The number of sulfone groups is 1. The zero-order chi connectivity index (χ0) is 27.0. The first kappa shape index (κ1) is 25.3. The van der Waals surface area contributed by atoms with Gasteiger partial charge in [-0.15, -0.1) is 0 Å². The van der Waals surface area contributed by atoms with Crippen LogP contribution in [0, 0.1) is 17.0 Å². The molecule has 3 aromatic rings. The Bertz CT molecular complexity index is 1450. The van der Waals surface area contributed by atoms with E-state index in [0.717, 1.165) is 40.7 Å². The third-order valence-corrected chi connectivity index (χ3v) is 10.2. The first-order chi connectivity index (χ1) is 17.9. The molecule has 1 aromatic heterocycles. The molecule has 1 aliphatic heterocycles. The number of benzene rings is 2. The highest BCUT2D eigenvalue weighted by atomic mass is 32.2. The van der Waals surface area contributed by atoms with Crippen LogP contribution in [0.15, 0.2) is 55.1 Å². The number of aromatic nitrogens is 3. The van der Waals surface area contributed by atoms with Gasteiger partial charge in [-0.2, -0.15) is 5.10 Å². The van der Waals surface area contributed by atoms with Gasteiger partial charge in [0.1, 0.15) is 24.3 Å². The highest BCUT2D eigenvalue weighted by Crippen LogP contribution is 2.80. The molecule has 0 radical (unpaired) electrons. The van der Waals surface area contributed by atoms with Gasteiger partial charge in [0.25, 0.3) is 5.92 Å². The molecule has 202 valence electrons. The average Bonchev–Trinajstić information content (AvgIpc) is 3.30. The number of halogens is 4. The molecule has 2 aromatic carbocycles. The third-order valence-electron chi connectivity index (χ3n) is 8.64. The van der Waals surface area contributed by atoms with Gasteiger partial charge in [-0.25, -0.2) is 35.6 Å². The quantitative estimate of drug-likeness (QED) is 0.454. The van der Waals surface area contributed by atoms with E-state index in [2.05, 4.69) is 10.1 Å². The van der Waals surface area contributed by atoms with E-state index in [0.29, 0.717) is 19.2 Å². The highest BCUT2D eigenvalue weighted by molar-refractivity contribution is 7.91. The Labute approximate surface area is 217 Å². The Hall–Kier alpha value is -2.99. The molecular weight excluding hydrogens is 524 g/mol. The topological polar surface area (TPSA) is 88.3 Å². The molecule has 3 saturated carbocycles. The molecule has 1 atom stereocenters. The monoisotopic (exact) mass is 550 g/mol. The summed E-state index contributed by atoms with van der Waals surface area (Å²) in [5, 5.41) is 15.3. The maximum Gasteiger partial charge on any atom is 0.287 e. The van der Waals surface area contributed by atoms with Gasteiger partial charge in [0, 0.05) is 35.8 Å². The van der Waals surface area contributed by atoms with E-state index in [-0.39, 0.29) is 30.8 Å². The number of nitrogens with zero attached hydrogens (tertiary/aromatic N) is 4. The number of hydrogen-bond acceptors (Lipinski definition) is 6. The Balaban J connectivity index is 1.24. The molecular formula is C26H26F4N4O3S. The van der Waals surface area contributed by atoms with Gasteiger partial charge in [-0.1, -0.05) is 12.1 Å². The minimum absolute atomic E-state index is 0.0996. The van der Waals surface area contributed by atoms with Gasteiger partial charge in [0.2, 0.25) is 0 Å². The smallest absolute Gasteiger partial charge is 0.287 e. The lowest BCUT2D eigenvalue weighted by atomic mass is 9.30. The van der Waals surface area contributed by atoms with Crippen molar-refractivity contribution < 1.29 is 31.1 Å².